The first-order valence-corrected chi connectivity index (χ1v) is 15.8. The van der Waals surface area contributed by atoms with Crippen molar-refractivity contribution in [2.75, 3.05) is 14.2 Å². The monoisotopic (exact) mass is 651 g/mol. The first-order chi connectivity index (χ1) is 20.9. The summed E-state index contributed by atoms with van der Waals surface area (Å²) in [7, 11) is 3.27. The van der Waals surface area contributed by atoms with E-state index in [2.05, 4.69) is 76.8 Å². The lowest BCUT2D eigenvalue weighted by Crippen LogP contribution is -2.38. The van der Waals surface area contributed by atoms with E-state index in [1.54, 1.807) is 14.2 Å². The fourth-order valence-electron chi connectivity index (χ4n) is 6.41. The standard InChI is InChI=1S/C35H30BrN3O3S/c1-20-17-24(21(2)38(20)26-13-11-25(36)12-14-26)19-31-34(40)39-33(23-10-16-29(41-3)30(18-23)42-4)28-15-9-22-7-5-6-8-27(22)32(28)37-35(39)43-31/h5-8,10-14,16-19,33H,9,15H2,1-4H3/b31-19+/t33-/m0/s1. The summed E-state index contributed by atoms with van der Waals surface area (Å²) >= 11 is 4.98. The van der Waals surface area contributed by atoms with E-state index in [0.717, 1.165) is 62.4 Å². The van der Waals surface area contributed by atoms with Crippen LogP contribution in [0.1, 0.15) is 46.1 Å². The quantitative estimate of drug-likeness (QED) is 0.218. The molecule has 7 rings (SSSR count). The highest BCUT2D eigenvalue weighted by atomic mass is 79.9. The van der Waals surface area contributed by atoms with Crippen molar-refractivity contribution in [3.05, 3.63) is 136 Å². The lowest BCUT2D eigenvalue weighted by Gasteiger charge is -2.31. The first-order valence-electron chi connectivity index (χ1n) is 14.2. The molecule has 2 aromatic heterocycles. The van der Waals surface area contributed by atoms with Crippen molar-refractivity contribution in [3.8, 4) is 17.2 Å². The first kappa shape index (κ1) is 27.7. The van der Waals surface area contributed by atoms with Crippen molar-refractivity contribution < 1.29 is 9.47 Å². The van der Waals surface area contributed by atoms with Crippen molar-refractivity contribution in [1.29, 1.82) is 0 Å². The van der Waals surface area contributed by atoms with Gasteiger partial charge in [-0.3, -0.25) is 9.36 Å². The molecule has 0 bridgehead atoms. The second-order valence-electron chi connectivity index (χ2n) is 10.9. The third-order valence-corrected chi connectivity index (χ3v) is 9.95. The topological polar surface area (TPSA) is 57.8 Å². The molecule has 6 nitrogen and oxygen atoms in total. The Bertz CT molecular complexity index is 2120. The number of hydrogen-bond donors (Lipinski definition) is 0. The van der Waals surface area contributed by atoms with E-state index in [1.807, 2.05) is 41.0 Å². The minimum absolute atomic E-state index is 0.0395. The number of nitrogens with zero attached hydrogens (tertiary/aromatic N) is 3. The van der Waals surface area contributed by atoms with Gasteiger partial charge in [0.05, 0.1) is 30.5 Å². The van der Waals surface area contributed by atoms with Crippen LogP contribution in [0.15, 0.2) is 92.6 Å². The van der Waals surface area contributed by atoms with Gasteiger partial charge in [0.2, 0.25) is 0 Å². The van der Waals surface area contributed by atoms with E-state index in [1.165, 1.54) is 16.9 Å². The summed E-state index contributed by atoms with van der Waals surface area (Å²) in [6.07, 6.45) is 3.75. The van der Waals surface area contributed by atoms with Crippen LogP contribution in [0.3, 0.4) is 0 Å². The molecule has 3 heterocycles. The number of benzene rings is 3. The van der Waals surface area contributed by atoms with Crippen LogP contribution < -0.4 is 24.4 Å². The Morgan fingerprint density at radius 2 is 1.72 bits per heavy atom. The molecule has 3 aromatic carbocycles. The highest BCUT2D eigenvalue weighted by molar-refractivity contribution is 9.10. The molecule has 0 saturated heterocycles. The van der Waals surface area contributed by atoms with Crippen molar-refractivity contribution in [3.63, 3.8) is 0 Å². The van der Waals surface area contributed by atoms with E-state index in [-0.39, 0.29) is 11.6 Å². The molecule has 0 amide bonds. The summed E-state index contributed by atoms with van der Waals surface area (Å²) in [5, 5.41) is 0. The third-order valence-electron chi connectivity index (χ3n) is 8.44. The number of halogens is 1. The number of methoxy groups -OCH3 is 2. The maximum atomic E-state index is 14.3. The van der Waals surface area contributed by atoms with Crippen molar-refractivity contribution >= 4 is 39.0 Å². The predicted octanol–water partition coefficient (Wildman–Crippen LogP) is 6.51. The van der Waals surface area contributed by atoms with Crippen LogP contribution in [0.5, 0.6) is 11.5 Å². The molecule has 0 N–H and O–H groups in total. The minimum atomic E-state index is -0.295. The van der Waals surface area contributed by atoms with E-state index in [9.17, 15) is 4.79 Å². The van der Waals surface area contributed by atoms with Gasteiger partial charge in [0.1, 0.15) is 0 Å². The van der Waals surface area contributed by atoms with Gasteiger partial charge in [-0.2, -0.15) is 0 Å². The lowest BCUT2D eigenvalue weighted by atomic mass is 9.83. The van der Waals surface area contributed by atoms with Crippen LogP contribution in [0, 0.1) is 13.8 Å². The average Bonchev–Trinajstić information content (AvgIpc) is 3.49. The van der Waals surface area contributed by atoms with Crippen LogP contribution in [-0.2, 0) is 6.42 Å². The van der Waals surface area contributed by atoms with Crippen LogP contribution in [0.25, 0.3) is 17.5 Å². The molecular formula is C35H30BrN3O3S. The largest absolute Gasteiger partial charge is 0.493 e. The van der Waals surface area contributed by atoms with Gasteiger partial charge in [-0.05, 0) is 97.5 Å². The average molecular weight is 653 g/mol. The Balaban J connectivity index is 1.44. The number of ether oxygens (including phenoxy) is 2. The molecule has 0 unspecified atom stereocenters. The summed E-state index contributed by atoms with van der Waals surface area (Å²) in [5.41, 5.74) is 9.77. The zero-order valence-corrected chi connectivity index (χ0v) is 26.8. The molecule has 0 fully saturated rings. The minimum Gasteiger partial charge on any atom is -0.493 e. The van der Waals surface area contributed by atoms with Crippen LogP contribution >= 0.6 is 27.3 Å². The number of allylic oxidation sites excluding steroid dienone is 1. The van der Waals surface area contributed by atoms with Crippen molar-refractivity contribution in [2.45, 2.75) is 32.7 Å². The molecule has 8 heteroatoms. The van der Waals surface area contributed by atoms with Gasteiger partial charge in [-0.1, -0.05) is 57.6 Å². The summed E-state index contributed by atoms with van der Waals surface area (Å²) in [6, 6.07) is 24.5. The van der Waals surface area contributed by atoms with E-state index < -0.39 is 0 Å². The van der Waals surface area contributed by atoms with Gasteiger partial charge in [0.15, 0.2) is 16.3 Å². The lowest BCUT2D eigenvalue weighted by molar-refractivity contribution is 0.354. The highest BCUT2D eigenvalue weighted by Gasteiger charge is 2.33. The Morgan fingerprint density at radius 3 is 2.49 bits per heavy atom. The maximum absolute atomic E-state index is 14.3. The van der Waals surface area contributed by atoms with Gasteiger partial charge in [0.25, 0.3) is 5.56 Å². The molecule has 216 valence electrons. The zero-order chi connectivity index (χ0) is 29.8. The second-order valence-corrected chi connectivity index (χ2v) is 12.8. The van der Waals surface area contributed by atoms with Gasteiger partial charge in [-0.15, -0.1) is 0 Å². The van der Waals surface area contributed by atoms with E-state index in [4.69, 9.17) is 14.5 Å². The van der Waals surface area contributed by atoms with E-state index >= 15 is 0 Å². The molecule has 1 aliphatic heterocycles. The predicted molar refractivity (Wildman–Crippen MR) is 175 cm³/mol. The van der Waals surface area contributed by atoms with Gasteiger partial charge in [0, 0.05) is 27.1 Å². The Kier molecular flexibility index (Phi) is 6.98. The van der Waals surface area contributed by atoms with Gasteiger partial charge < -0.3 is 14.0 Å². The Labute approximate surface area is 262 Å². The zero-order valence-electron chi connectivity index (χ0n) is 24.3. The molecule has 1 aliphatic carbocycles. The number of aromatic nitrogens is 2. The Morgan fingerprint density at radius 1 is 0.953 bits per heavy atom. The molecule has 0 spiro atoms. The number of rotatable bonds is 5. The Hall–Kier alpha value is -4.14. The number of fused-ring (bicyclic) bond motifs is 3. The van der Waals surface area contributed by atoms with Crippen LogP contribution in [0.2, 0.25) is 0 Å². The molecular weight excluding hydrogens is 622 g/mol. The summed E-state index contributed by atoms with van der Waals surface area (Å²) in [5.74, 6) is 1.29. The second kappa shape index (κ2) is 10.8. The highest BCUT2D eigenvalue weighted by Crippen LogP contribution is 2.42. The SMILES string of the molecule is COc1ccc([C@H]2C3=C(N=c4s/c(=C/c5cc(C)n(-c6ccc(Br)cc6)c5C)c(=O)n42)c2ccccc2CC3)cc1OC. The van der Waals surface area contributed by atoms with Crippen LogP contribution in [0.4, 0.5) is 0 Å². The molecule has 0 saturated carbocycles. The summed E-state index contributed by atoms with van der Waals surface area (Å²) in [6.45, 7) is 4.19. The molecule has 1 atom stereocenters. The third kappa shape index (κ3) is 4.60. The normalized spacial score (nSPS) is 15.9. The molecule has 5 aromatic rings. The van der Waals surface area contributed by atoms with Gasteiger partial charge >= 0.3 is 0 Å². The number of hydrogen-bond acceptors (Lipinski definition) is 5. The molecule has 43 heavy (non-hydrogen) atoms. The summed E-state index contributed by atoms with van der Waals surface area (Å²) < 4.78 is 17.0. The summed E-state index contributed by atoms with van der Waals surface area (Å²) in [4.78, 5) is 20.2. The molecule has 2 aliphatic rings. The fourth-order valence-corrected chi connectivity index (χ4v) is 7.66. The van der Waals surface area contributed by atoms with Gasteiger partial charge in [-0.25, -0.2) is 4.99 Å². The number of aryl methyl sites for hydroxylation is 2. The number of thiazole rings is 1. The molecule has 0 radical (unpaired) electrons. The van der Waals surface area contributed by atoms with Crippen molar-refractivity contribution in [1.82, 2.24) is 9.13 Å². The van der Waals surface area contributed by atoms with Crippen molar-refractivity contribution in [2.24, 2.45) is 4.99 Å². The van der Waals surface area contributed by atoms with E-state index in [0.29, 0.717) is 20.8 Å². The fraction of sp³-hybridized carbons (Fsp3) is 0.200. The smallest absolute Gasteiger partial charge is 0.271 e. The van der Waals surface area contributed by atoms with Crippen LogP contribution in [-0.4, -0.2) is 23.4 Å². The maximum Gasteiger partial charge on any atom is 0.271 e.